The number of pyridine rings is 3. The number of aromatic nitrogens is 9. The van der Waals surface area contributed by atoms with Crippen molar-refractivity contribution in [3.63, 3.8) is 0 Å². The molecule has 0 bridgehead atoms. The average molecular weight is 1620 g/mol. The fraction of sp³-hybridized carbons (Fsp3) is 0. The zero-order valence-electron chi connectivity index (χ0n) is 65.6. The standard InChI is InChI=1S/3C37H21N3S/c1-2-10-22(11-3-1)39-29-15-7-4-13-24(29)35-31(39)18-19-32-36(35)26-20-25-23-12-5-9-17-33(23)41-34(25)21-27(26)37-38-28-14-6-8-16-30(28)40(32)37;1-2-10-22(11-3-1)39-27-15-7-4-12-23(27)33-29(39)19-20-30-34(33)25-18-21-32-35(24-13-5-9-17-31(24)41-32)36(25)37-38-26-14-6-8-16-28(26)40(30)37;1-2-10-22(11-3-1)39-30-15-7-4-12-23(30)25-18-19-32-35(36(25)39)27-20-26-24-13-5-9-17-33(24)41-34(26)21-28(27)37-38-29-14-6-8-16-31(29)40(32)37/h3*1-21H. The Kier molecular flexibility index (Phi) is 14.0. The van der Waals surface area contributed by atoms with Gasteiger partial charge in [-0.25, -0.2) is 15.0 Å². The van der Waals surface area contributed by atoms with Crippen LogP contribution in [0.4, 0.5) is 0 Å². The fourth-order valence-corrected chi connectivity index (χ4v) is 24.4. The number of rotatable bonds is 3. The number of nitrogens with zero attached hydrogens (tertiary/aromatic N) is 9. The molecule has 0 aliphatic rings. The average Bonchev–Trinajstić information content (AvgIpc) is 1.54. The first kappa shape index (κ1) is 67.3. The number of fused-ring (bicyclic) bond motifs is 46. The maximum atomic E-state index is 5.29. The van der Waals surface area contributed by atoms with Gasteiger partial charge in [-0.15, -0.1) is 34.0 Å². The summed E-state index contributed by atoms with van der Waals surface area (Å²) in [7, 11) is 0. The third-order valence-electron chi connectivity index (χ3n) is 26.0. The molecule has 9 nitrogen and oxygen atoms in total. The Bertz CT molecular complexity index is 9700. The predicted octanol–water partition coefficient (Wildman–Crippen LogP) is 30.8. The van der Waals surface area contributed by atoms with Crippen molar-refractivity contribution in [2.45, 2.75) is 0 Å². The van der Waals surface area contributed by atoms with E-state index < -0.39 is 0 Å². The van der Waals surface area contributed by atoms with Crippen LogP contribution in [0.25, 0.3) is 258 Å². The Labute approximate surface area is 710 Å². The SMILES string of the molecule is c1ccc(-n2c3ccccc3c3c4c5cc6c(cc5c5nc7ccccc7n5c4ccc32)sc2ccccc26)cc1.c1ccc(-n2c3ccccc3c3c4c5ccc6sc7ccccc7c6c5c5nc6ccccc6n5c4ccc32)cc1.c1ccc(-n2c3ccccc3c3ccc4c(c5cc6c(cc5c5nc7ccccc7n45)sc4ccccc46)c32)cc1. The van der Waals surface area contributed by atoms with Crippen LogP contribution in [0.2, 0.25) is 0 Å². The molecule has 0 saturated carbocycles. The van der Waals surface area contributed by atoms with Crippen molar-refractivity contribution in [3.8, 4) is 17.1 Å². The highest BCUT2D eigenvalue weighted by molar-refractivity contribution is 7.26. The molecular weight excluding hydrogens is 1560 g/mol. The summed E-state index contributed by atoms with van der Waals surface area (Å²) < 4.78 is 22.2. The van der Waals surface area contributed by atoms with E-state index in [4.69, 9.17) is 15.0 Å². The third-order valence-corrected chi connectivity index (χ3v) is 29.4. The zero-order chi connectivity index (χ0) is 80.0. The monoisotopic (exact) mass is 1620 g/mol. The molecular formula is C111H63N9S3. The first-order valence-corrected chi connectivity index (χ1v) is 44.2. The third kappa shape index (κ3) is 9.40. The summed E-state index contributed by atoms with van der Waals surface area (Å²) in [6, 6.07) is 139. The van der Waals surface area contributed by atoms with Crippen molar-refractivity contribution < 1.29 is 0 Å². The maximum Gasteiger partial charge on any atom is 0.147 e. The van der Waals surface area contributed by atoms with Crippen molar-refractivity contribution in [1.82, 2.24) is 41.9 Å². The summed E-state index contributed by atoms with van der Waals surface area (Å²) in [6.07, 6.45) is 0. The number of hydrogen-bond donors (Lipinski definition) is 0. The molecule has 30 rings (SSSR count). The largest absolute Gasteiger partial charge is 0.309 e. The molecule has 570 valence electrons. The Morgan fingerprint density at radius 2 is 0.504 bits per heavy atom. The summed E-state index contributed by atoms with van der Waals surface area (Å²) in [6.45, 7) is 0. The van der Waals surface area contributed by atoms with Gasteiger partial charge in [0, 0.05) is 142 Å². The molecule has 0 atom stereocenters. The first-order valence-electron chi connectivity index (χ1n) is 41.7. The van der Waals surface area contributed by atoms with Crippen molar-refractivity contribution >= 4 is 275 Å². The molecule has 12 aromatic heterocycles. The van der Waals surface area contributed by atoms with E-state index in [2.05, 4.69) is 409 Å². The molecule has 123 heavy (non-hydrogen) atoms. The molecule has 0 aliphatic heterocycles. The second kappa shape index (κ2) is 25.5. The lowest BCUT2D eigenvalue weighted by Gasteiger charge is -2.14. The second-order valence-corrected chi connectivity index (χ2v) is 35.6. The minimum absolute atomic E-state index is 1.01. The minimum atomic E-state index is 1.01. The van der Waals surface area contributed by atoms with Crippen LogP contribution in [0.1, 0.15) is 0 Å². The lowest BCUT2D eigenvalue weighted by molar-refractivity contribution is 1.18. The highest BCUT2D eigenvalue weighted by Crippen LogP contribution is 2.51. The summed E-state index contributed by atoms with van der Waals surface area (Å²) >= 11 is 5.59. The fourth-order valence-electron chi connectivity index (χ4n) is 21.0. The van der Waals surface area contributed by atoms with Gasteiger partial charge in [-0.2, -0.15) is 0 Å². The van der Waals surface area contributed by atoms with Crippen LogP contribution < -0.4 is 0 Å². The number of benzene rings is 18. The topological polar surface area (TPSA) is 66.7 Å². The van der Waals surface area contributed by atoms with Crippen LogP contribution in [0.3, 0.4) is 0 Å². The Morgan fingerprint density at radius 1 is 0.163 bits per heavy atom. The summed E-state index contributed by atoms with van der Waals surface area (Å²) in [5, 5.41) is 26.6. The van der Waals surface area contributed by atoms with Crippen LogP contribution >= 0.6 is 34.0 Å². The van der Waals surface area contributed by atoms with E-state index >= 15 is 0 Å². The Hall–Kier alpha value is -15.6. The van der Waals surface area contributed by atoms with Crippen LogP contribution in [0, 0.1) is 0 Å². The van der Waals surface area contributed by atoms with Crippen molar-refractivity contribution in [2.24, 2.45) is 0 Å². The molecule has 0 N–H and O–H groups in total. The quantitative estimate of drug-likeness (QED) is 0.166. The van der Waals surface area contributed by atoms with E-state index in [1.54, 1.807) is 0 Å². The van der Waals surface area contributed by atoms with Crippen molar-refractivity contribution in [2.75, 3.05) is 0 Å². The van der Waals surface area contributed by atoms with E-state index in [9.17, 15) is 0 Å². The summed E-state index contributed by atoms with van der Waals surface area (Å²) in [5.41, 5.74) is 23.8. The van der Waals surface area contributed by atoms with Crippen LogP contribution in [0.15, 0.2) is 382 Å². The van der Waals surface area contributed by atoms with Gasteiger partial charge in [0.2, 0.25) is 0 Å². The molecule has 0 amide bonds. The van der Waals surface area contributed by atoms with Gasteiger partial charge in [-0.05, 0) is 186 Å². The molecule has 18 aromatic carbocycles. The summed E-state index contributed by atoms with van der Waals surface area (Å²) in [5.74, 6) is 0. The van der Waals surface area contributed by atoms with Gasteiger partial charge in [0.05, 0.1) is 82.8 Å². The highest BCUT2D eigenvalue weighted by Gasteiger charge is 2.28. The lowest BCUT2D eigenvalue weighted by atomic mass is 9.98. The van der Waals surface area contributed by atoms with Crippen molar-refractivity contribution in [3.05, 3.63) is 382 Å². The van der Waals surface area contributed by atoms with E-state index in [-0.39, 0.29) is 0 Å². The van der Waals surface area contributed by atoms with Crippen LogP contribution in [-0.4, -0.2) is 41.9 Å². The van der Waals surface area contributed by atoms with Gasteiger partial charge in [0.15, 0.2) is 0 Å². The number of imidazole rings is 3. The van der Waals surface area contributed by atoms with Gasteiger partial charge >= 0.3 is 0 Å². The molecule has 30 aromatic rings. The normalized spacial score (nSPS) is 12.4. The van der Waals surface area contributed by atoms with Crippen molar-refractivity contribution in [1.29, 1.82) is 0 Å². The molecule has 0 unspecified atom stereocenters. The number of thiophene rings is 3. The Balaban J connectivity index is 0.0000000946. The lowest BCUT2D eigenvalue weighted by Crippen LogP contribution is -1.97. The predicted molar refractivity (Wildman–Crippen MR) is 525 cm³/mol. The number of hydrogen-bond acceptors (Lipinski definition) is 6. The van der Waals surface area contributed by atoms with Gasteiger partial charge in [-0.3, -0.25) is 13.2 Å². The summed E-state index contributed by atoms with van der Waals surface area (Å²) in [4.78, 5) is 15.7. The van der Waals surface area contributed by atoms with Crippen LogP contribution in [-0.2, 0) is 0 Å². The molecule has 0 saturated heterocycles. The van der Waals surface area contributed by atoms with E-state index in [0.717, 1.165) is 55.7 Å². The molecule has 12 heterocycles. The van der Waals surface area contributed by atoms with E-state index in [1.807, 2.05) is 34.0 Å². The highest BCUT2D eigenvalue weighted by atomic mass is 32.1. The Morgan fingerprint density at radius 3 is 1.02 bits per heavy atom. The molecule has 0 radical (unpaired) electrons. The van der Waals surface area contributed by atoms with E-state index in [1.165, 1.54) is 202 Å². The first-order chi connectivity index (χ1) is 61.1. The molecule has 12 heteroatoms. The van der Waals surface area contributed by atoms with Gasteiger partial charge < -0.3 is 13.7 Å². The second-order valence-electron chi connectivity index (χ2n) is 32.4. The smallest absolute Gasteiger partial charge is 0.147 e. The van der Waals surface area contributed by atoms with E-state index in [0.29, 0.717) is 0 Å². The maximum absolute atomic E-state index is 5.29. The molecule has 0 aliphatic carbocycles. The van der Waals surface area contributed by atoms with Gasteiger partial charge in [-0.1, -0.05) is 212 Å². The minimum Gasteiger partial charge on any atom is -0.309 e. The van der Waals surface area contributed by atoms with Gasteiger partial charge in [0.25, 0.3) is 0 Å². The molecule has 0 fully saturated rings. The zero-order valence-corrected chi connectivity index (χ0v) is 68.1. The van der Waals surface area contributed by atoms with Crippen LogP contribution in [0.5, 0.6) is 0 Å². The van der Waals surface area contributed by atoms with Gasteiger partial charge in [0.1, 0.15) is 16.9 Å². The number of para-hydroxylation sites is 12. The molecule has 0 spiro atoms.